The molecule has 4 aromatic rings. The van der Waals surface area contributed by atoms with Gasteiger partial charge in [0.15, 0.2) is 16.7 Å². The van der Waals surface area contributed by atoms with Crippen LogP contribution in [0.1, 0.15) is 44.4 Å². The molecule has 0 saturated heterocycles. The quantitative estimate of drug-likeness (QED) is 0.415. The van der Waals surface area contributed by atoms with Gasteiger partial charge in [0.25, 0.3) is 0 Å². The number of nitrogens with zero attached hydrogens (tertiary/aromatic N) is 5. The lowest BCUT2D eigenvalue weighted by molar-refractivity contribution is 0.379. The van der Waals surface area contributed by atoms with Gasteiger partial charge in [-0.15, -0.1) is 10.2 Å². The van der Waals surface area contributed by atoms with Gasteiger partial charge in [0, 0.05) is 12.6 Å². The van der Waals surface area contributed by atoms with Crippen LogP contribution < -0.4 is 0 Å². The molecule has 4 rings (SSSR count). The molecule has 8 heteroatoms. The van der Waals surface area contributed by atoms with Crippen molar-refractivity contribution in [3.8, 4) is 23.0 Å². The highest BCUT2D eigenvalue weighted by molar-refractivity contribution is 7.99. The van der Waals surface area contributed by atoms with Crippen molar-refractivity contribution in [1.82, 2.24) is 24.9 Å². The Balaban J connectivity index is 1.51. The van der Waals surface area contributed by atoms with Crippen molar-refractivity contribution in [1.29, 1.82) is 0 Å². The summed E-state index contributed by atoms with van der Waals surface area (Å²) in [5.41, 5.74) is 2.44. The number of hydrogen-bond donors (Lipinski definition) is 0. The van der Waals surface area contributed by atoms with Gasteiger partial charge in [0.05, 0.1) is 11.5 Å². The van der Waals surface area contributed by atoms with Crippen LogP contribution in [0.4, 0.5) is 0 Å². The van der Waals surface area contributed by atoms with Gasteiger partial charge in [-0.3, -0.25) is 0 Å². The summed E-state index contributed by atoms with van der Waals surface area (Å²) in [6.45, 7) is 8.61. The molecule has 0 aliphatic carbocycles. The molecule has 0 N–H and O–H groups in total. The van der Waals surface area contributed by atoms with Crippen molar-refractivity contribution in [2.45, 2.75) is 43.5 Å². The molecule has 0 unspecified atom stereocenters. The average molecular weight is 410 g/mol. The summed E-state index contributed by atoms with van der Waals surface area (Å²) in [6, 6.07) is 12.1. The maximum atomic E-state index is 5.40. The van der Waals surface area contributed by atoms with E-state index in [2.05, 4.69) is 65.4 Å². The Bertz CT molecular complexity index is 1090. The molecule has 1 aromatic carbocycles. The van der Waals surface area contributed by atoms with Gasteiger partial charge in [-0.2, -0.15) is 4.98 Å². The Hall–Kier alpha value is -2.87. The predicted molar refractivity (Wildman–Crippen MR) is 111 cm³/mol. The van der Waals surface area contributed by atoms with Crippen LogP contribution in [0, 0.1) is 0 Å². The third-order valence-electron chi connectivity index (χ3n) is 4.66. The SMILES string of the molecule is C[C@H](Sc1nnc(-c2ccc(C(C)(C)C)cc2)n1C)c1nc(-c2ccco2)no1. The van der Waals surface area contributed by atoms with Crippen LogP contribution in [-0.2, 0) is 12.5 Å². The lowest BCUT2D eigenvalue weighted by Crippen LogP contribution is -2.10. The van der Waals surface area contributed by atoms with Gasteiger partial charge >= 0.3 is 0 Å². The van der Waals surface area contributed by atoms with E-state index in [1.54, 1.807) is 18.4 Å². The van der Waals surface area contributed by atoms with Gasteiger partial charge in [-0.1, -0.05) is 62.0 Å². The molecular weight excluding hydrogens is 386 g/mol. The van der Waals surface area contributed by atoms with E-state index >= 15 is 0 Å². The summed E-state index contributed by atoms with van der Waals surface area (Å²) in [4.78, 5) is 4.43. The van der Waals surface area contributed by atoms with E-state index in [0.29, 0.717) is 17.5 Å². The van der Waals surface area contributed by atoms with Crippen LogP contribution in [0.5, 0.6) is 0 Å². The standard InChI is InChI=1S/C21H23N5O2S/c1-13(19-22-17(25-28-19)16-7-6-12-27-16)29-20-24-23-18(26(20)5)14-8-10-15(11-9-14)21(2,3)4/h6-13H,1-5H3/t13-/m0/s1. The summed E-state index contributed by atoms with van der Waals surface area (Å²) < 4.78 is 12.7. The monoisotopic (exact) mass is 409 g/mol. The highest BCUT2D eigenvalue weighted by Gasteiger charge is 2.21. The maximum absolute atomic E-state index is 5.40. The van der Waals surface area contributed by atoms with Gasteiger partial charge in [-0.25, -0.2) is 0 Å². The van der Waals surface area contributed by atoms with Gasteiger partial charge in [0.2, 0.25) is 11.7 Å². The first-order valence-corrected chi connectivity index (χ1v) is 10.3. The predicted octanol–water partition coefficient (Wildman–Crippen LogP) is 5.28. The molecular formula is C21H23N5O2S. The number of thioether (sulfide) groups is 1. The third-order valence-corrected chi connectivity index (χ3v) is 5.78. The minimum atomic E-state index is -0.0785. The number of benzene rings is 1. The van der Waals surface area contributed by atoms with Crippen molar-refractivity contribution in [2.75, 3.05) is 0 Å². The fourth-order valence-corrected chi connectivity index (χ4v) is 3.75. The Kier molecular flexibility index (Phi) is 5.04. The van der Waals surface area contributed by atoms with Gasteiger partial charge in [-0.05, 0) is 30.0 Å². The minimum Gasteiger partial charge on any atom is -0.461 e. The van der Waals surface area contributed by atoms with Crippen LogP contribution >= 0.6 is 11.8 Å². The van der Waals surface area contributed by atoms with Crippen LogP contribution in [0.15, 0.2) is 56.8 Å². The van der Waals surface area contributed by atoms with Gasteiger partial charge in [0.1, 0.15) is 0 Å². The molecule has 7 nitrogen and oxygen atoms in total. The van der Waals surface area contributed by atoms with Crippen molar-refractivity contribution in [2.24, 2.45) is 7.05 Å². The van der Waals surface area contributed by atoms with Crippen molar-refractivity contribution in [3.05, 3.63) is 54.1 Å². The molecule has 3 aromatic heterocycles. The molecule has 0 fully saturated rings. The number of hydrogen-bond acceptors (Lipinski definition) is 7. The number of aromatic nitrogens is 5. The van der Waals surface area contributed by atoms with Crippen LogP contribution in [0.25, 0.3) is 23.0 Å². The second-order valence-electron chi connectivity index (χ2n) is 7.89. The number of furan rings is 1. The molecule has 0 aliphatic rings. The summed E-state index contributed by atoms with van der Waals surface area (Å²) in [6.07, 6.45) is 1.58. The molecule has 0 radical (unpaired) electrons. The summed E-state index contributed by atoms with van der Waals surface area (Å²) in [5, 5.41) is 13.4. The lowest BCUT2D eigenvalue weighted by Gasteiger charge is -2.19. The van der Waals surface area contributed by atoms with Crippen LogP contribution in [-0.4, -0.2) is 24.9 Å². The van der Waals surface area contributed by atoms with E-state index in [4.69, 9.17) is 8.94 Å². The van der Waals surface area contributed by atoms with Gasteiger partial charge < -0.3 is 13.5 Å². The Labute approximate surface area is 173 Å². The topological polar surface area (TPSA) is 82.8 Å². The third kappa shape index (κ3) is 3.98. The minimum absolute atomic E-state index is 0.0785. The van der Waals surface area contributed by atoms with E-state index in [1.165, 1.54) is 17.3 Å². The Morgan fingerprint density at radius 3 is 2.48 bits per heavy atom. The smallest absolute Gasteiger partial charge is 0.240 e. The molecule has 0 amide bonds. The molecule has 0 bridgehead atoms. The highest BCUT2D eigenvalue weighted by Crippen LogP contribution is 2.35. The van der Waals surface area contributed by atoms with Crippen molar-refractivity contribution in [3.63, 3.8) is 0 Å². The van der Waals surface area contributed by atoms with Crippen molar-refractivity contribution < 1.29 is 8.94 Å². The zero-order valence-electron chi connectivity index (χ0n) is 17.1. The highest BCUT2D eigenvalue weighted by atomic mass is 32.2. The van der Waals surface area contributed by atoms with Crippen molar-refractivity contribution >= 4 is 11.8 Å². The number of rotatable bonds is 5. The summed E-state index contributed by atoms with van der Waals surface area (Å²) in [5.74, 6) is 2.36. The largest absolute Gasteiger partial charge is 0.461 e. The Morgan fingerprint density at radius 1 is 1.07 bits per heavy atom. The normalized spacial score (nSPS) is 13.0. The van der Waals surface area contributed by atoms with E-state index in [-0.39, 0.29) is 10.7 Å². The van der Waals surface area contributed by atoms with Crippen LogP contribution in [0.2, 0.25) is 0 Å². The molecule has 1 atom stereocenters. The zero-order chi connectivity index (χ0) is 20.6. The molecule has 0 spiro atoms. The fourth-order valence-electron chi connectivity index (χ4n) is 2.90. The van der Waals surface area contributed by atoms with E-state index in [9.17, 15) is 0 Å². The Morgan fingerprint density at radius 2 is 1.83 bits per heavy atom. The summed E-state index contributed by atoms with van der Waals surface area (Å²) >= 11 is 1.52. The van der Waals surface area contributed by atoms with E-state index in [0.717, 1.165) is 16.5 Å². The first-order chi connectivity index (χ1) is 13.8. The maximum Gasteiger partial charge on any atom is 0.240 e. The second-order valence-corrected chi connectivity index (χ2v) is 9.19. The molecule has 29 heavy (non-hydrogen) atoms. The molecule has 0 saturated carbocycles. The molecule has 3 heterocycles. The zero-order valence-corrected chi connectivity index (χ0v) is 17.9. The first kappa shape index (κ1) is 19.4. The van der Waals surface area contributed by atoms with E-state index < -0.39 is 0 Å². The van der Waals surface area contributed by atoms with E-state index in [1.807, 2.05) is 18.5 Å². The van der Waals surface area contributed by atoms with Crippen LogP contribution in [0.3, 0.4) is 0 Å². The fraction of sp³-hybridized carbons (Fsp3) is 0.333. The average Bonchev–Trinajstić information content (AvgIpc) is 3.42. The second kappa shape index (κ2) is 7.51. The lowest BCUT2D eigenvalue weighted by atomic mass is 9.87. The first-order valence-electron chi connectivity index (χ1n) is 9.37. The molecule has 0 aliphatic heterocycles. The molecule has 150 valence electrons. The summed E-state index contributed by atoms with van der Waals surface area (Å²) in [7, 11) is 1.96.